The Morgan fingerprint density at radius 1 is 1.12 bits per heavy atom. The summed E-state index contributed by atoms with van der Waals surface area (Å²) in [6.07, 6.45) is 0. The van der Waals surface area contributed by atoms with E-state index in [1.54, 1.807) is 35.7 Å². The van der Waals surface area contributed by atoms with Gasteiger partial charge in [-0.25, -0.2) is 9.36 Å². The van der Waals surface area contributed by atoms with Crippen LogP contribution in [0.1, 0.15) is 11.1 Å². The number of aryl methyl sites for hydroxylation is 2. The van der Waals surface area contributed by atoms with Crippen LogP contribution in [0, 0.1) is 13.8 Å². The van der Waals surface area contributed by atoms with Crippen molar-refractivity contribution in [3.05, 3.63) is 84.8 Å². The van der Waals surface area contributed by atoms with E-state index in [-0.39, 0.29) is 6.54 Å². The smallest absolute Gasteiger partial charge is 0.336 e. The Labute approximate surface area is 192 Å². The fourth-order valence-corrected chi connectivity index (χ4v) is 4.68. The van der Waals surface area contributed by atoms with Crippen molar-refractivity contribution in [3.8, 4) is 11.4 Å². The highest BCUT2D eigenvalue weighted by molar-refractivity contribution is 7.17. The van der Waals surface area contributed by atoms with E-state index in [9.17, 15) is 14.4 Å². The van der Waals surface area contributed by atoms with E-state index in [2.05, 4.69) is 5.32 Å². The molecule has 1 N–H and O–H groups in total. The van der Waals surface area contributed by atoms with Gasteiger partial charge in [0.15, 0.2) is 0 Å². The maximum atomic E-state index is 13.4. The summed E-state index contributed by atoms with van der Waals surface area (Å²) in [6.45, 7) is 3.52. The standard InChI is InChI=1S/C23H20ClN3O4S/c1-13-4-6-17(14(2)10-13)27-22(29)21-18(8-9-32-21)26(23(27)30)12-20(28)25-15-5-7-19(31-3)16(24)11-15/h4-11H,12H2,1-3H3,(H,25,28). The van der Waals surface area contributed by atoms with Gasteiger partial charge in [-0.15, -0.1) is 11.3 Å². The molecule has 0 bridgehead atoms. The minimum Gasteiger partial charge on any atom is -0.495 e. The van der Waals surface area contributed by atoms with E-state index < -0.39 is 17.2 Å². The average molecular weight is 470 g/mol. The summed E-state index contributed by atoms with van der Waals surface area (Å²) < 4.78 is 7.97. The minimum absolute atomic E-state index is 0.263. The normalized spacial score (nSPS) is 11.0. The number of ether oxygens (including phenoxy) is 1. The number of anilines is 1. The summed E-state index contributed by atoms with van der Waals surface area (Å²) in [4.78, 5) is 39.3. The summed E-state index contributed by atoms with van der Waals surface area (Å²) in [5.41, 5.74) is 2.24. The quantitative estimate of drug-likeness (QED) is 0.476. The third-order valence-electron chi connectivity index (χ3n) is 5.09. The molecular formula is C23H20ClN3O4S. The van der Waals surface area contributed by atoms with E-state index in [1.807, 2.05) is 26.0 Å². The Hall–Kier alpha value is -3.36. The van der Waals surface area contributed by atoms with Crippen LogP contribution in [0.3, 0.4) is 0 Å². The van der Waals surface area contributed by atoms with E-state index in [0.29, 0.717) is 32.4 Å². The lowest BCUT2D eigenvalue weighted by Crippen LogP contribution is -2.40. The number of methoxy groups -OCH3 is 1. The Balaban J connectivity index is 1.77. The van der Waals surface area contributed by atoms with Gasteiger partial charge in [0, 0.05) is 5.69 Å². The van der Waals surface area contributed by atoms with Gasteiger partial charge in [-0.2, -0.15) is 0 Å². The molecule has 4 aromatic rings. The highest BCUT2D eigenvalue weighted by Gasteiger charge is 2.19. The summed E-state index contributed by atoms with van der Waals surface area (Å²) >= 11 is 7.36. The molecule has 32 heavy (non-hydrogen) atoms. The molecule has 0 atom stereocenters. The number of hydrogen-bond acceptors (Lipinski definition) is 5. The van der Waals surface area contributed by atoms with Crippen LogP contribution in [0.4, 0.5) is 5.69 Å². The molecule has 0 aliphatic heterocycles. The first kappa shape index (κ1) is 21.9. The number of rotatable bonds is 5. The van der Waals surface area contributed by atoms with E-state index in [0.717, 1.165) is 15.7 Å². The fraction of sp³-hybridized carbons (Fsp3) is 0.174. The lowest BCUT2D eigenvalue weighted by molar-refractivity contribution is -0.116. The number of aromatic nitrogens is 2. The molecule has 0 saturated heterocycles. The summed E-state index contributed by atoms with van der Waals surface area (Å²) in [5, 5.41) is 4.82. The first-order valence-electron chi connectivity index (χ1n) is 9.74. The van der Waals surface area contributed by atoms with Crippen molar-refractivity contribution in [2.45, 2.75) is 20.4 Å². The molecule has 0 aliphatic carbocycles. The first-order chi connectivity index (χ1) is 15.3. The molecule has 7 nitrogen and oxygen atoms in total. The molecule has 0 aliphatic rings. The Bertz CT molecular complexity index is 1470. The van der Waals surface area contributed by atoms with E-state index in [1.165, 1.54) is 23.0 Å². The van der Waals surface area contributed by atoms with Crippen LogP contribution < -0.4 is 21.3 Å². The first-order valence-corrected chi connectivity index (χ1v) is 11.0. The maximum absolute atomic E-state index is 13.4. The van der Waals surface area contributed by atoms with Gasteiger partial charge in [-0.05, 0) is 55.1 Å². The van der Waals surface area contributed by atoms with Gasteiger partial charge in [0.25, 0.3) is 5.56 Å². The maximum Gasteiger partial charge on any atom is 0.336 e. The number of nitrogens with one attached hydrogen (secondary N) is 1. The lowest BCUT2D eigenvalue weighted by atomic mass is 10.1. The highest BCUT2D eigenvalue weighted by atomic mass is 35.5. The lowest BCUT2D eigenvalue weighted by Gasteiger charge is -2.14. The van der Waals surface area contributed by atoms with E-state index in [4.69, 9.17) is 16.3 Å². The van der Waals surface area contributed by atoms with Crippen molar-refractivity contribution in [3.63, 3.8) is 0 Å². The van der Waals surface area contributed by atoms with Gasteiger partial charge in [0.05, 0.1) is 23.3 Å². The average Bonchev–Trinajstić information content (AvgIpc) is 3.23. The molecule has 0 saturated carbocycles. The molecule has 2 heterocycles. The minimum atomic E-state index is -0.573. The fourth-order valence-electron chi connectivity index (χ4n) is 3.60. The summed E-state index contributed by atoms with van der Waals surface area (Å²) in [7, 11) is 1.50. The van der Waals surface area contributed by atoms with Crippen LogP contribution >= 0.6 is 22.9 Å². The monoisotopic (exact) mass is 469 g/mol. The van der Waals surface area contributed by atoms with Gasteiger partial charge in [-0.3, -0.25) is 14.2 Å². The van der Waals surface area contributed by atoms with Gasteiger partial charge in [0.2, 0.25) is 5.91 Å². The predicted octanol–water partition coefficient (Wildman–Crippen LogP) is 4.13. The van der Waals surface area contributed by atoms with Crippen LogP contribution in [0.25, 0.3) is 15.9 Å². The molecule has 4 rings (SSSR count). The molecule has 2 aromatic carbocycles. The van der Waals surface area contributed by atoms with Crippen LogP contribution in [0.15, 0.2) is 57.4 Å². The number of benzene rings is 2. The van der Waals surface area contributed by atoms with Crippen molar-refractivity contribution in [1.29, 1.82) is 0 Å². The number of thiophene rings is 1. The number of halogens is 1. The van der Waals surface area contributed by atoms with Gasteiger partial charge in [-0.1, -0.05) is 29.3 Å². The largest absolute Gasteiger partial charge is 0.495 e. The van der Waals surface area contributed by atoms with Gasteiger partial charge < -0.3 is 10.1 Å². The van der Waals surface area contributed by atoms with Crippen LogP contribution in [-0.4, -0.2) is 22.2 Å². The molecule has 1 amide bonds. The zero-order valence-electron chi connectivity index (χ0n) is 17.6. The van der Waals surface area contributed by atoms with Crippen LogP contribution in [0.2, 0.25) is 5.02 Å². The second-order valence-electron chi connectivity index (χ2n) is 7.33. The van der Waals surface area contributed by atoms with Crippen molar-refractivity contribution in [2.75, 3.05) is 12.4 Å². The third kappa shape index (κ3) is 3.94. The number of nitrogens with zero attached hydrogens (tertiary/aromatic N) is 2. The van der Waals surface area contributed by atoms with Crippen molar-refractivity contribution >= 4 is 44.7 Å². The predicted molar refractivity (Wildman–Crippen MR) is 128 cm³/mol. The zero-order chi connectivity index (χ0) is 23.0. The zero-order valence-corrected chi connectivity index (χ0v) is 19.2. The number of carbonyl (C=O) groups is 1. The van der Waals surface area contributed by atoms with Crippen molar-refractivity contribution < 1.29 is 9.53 Å². The molecule has 0 radical (unpaired) electrons. The highest BCUT2D eigenvalue weighted by Crippen LogP contribution is 2.27. The Kier molecular flexibility index (Phi) is 5.90. The molecule has 0 spiro atoms. The van der Waals surface area contributed by atoms with E-state index >= 15 is 0 Å². The van der Waals surface area contributed by atoms with Crippen LogP contribution in [-0.2, 0) is 11.3 Å². The number of hydrogen-bond donors (Lipinski definition) is 1. The van der Waals surface area contributed by atoms with Crippen molar-refractivity contribution in [1.82, 2.24) is 9.13 Å². The number of amides is 1. The SMILES string of the molecule is COc1ccc(NC(=O)Cn2c(=O)n(-c3ccc(C)cc3C)c(=O)c3sccc32)cc1Cl. The molecule has 2 aromatic heterocycles. The number of fused-ring (bicyclic) bond motifs is 1. The summed E-state index contributed by atoms with van der Waals surface area (Å²) in [5.74, 6) is 0.0630. The number of carbonyl (C=O) groups excluding carboxylic acids is 1. The third-order valence-corrected chi connectivity index (χ3v) is 6.27. The van der Waals surface area contributed by atoms with Crippen molar-refractivity contribution in [2.24, 2.45) is 0 Å². The summed E-state index contributed by atoms with van der Waals surface area (Å²) in [6, 6.07) is 12.0. The molecular weight excluding hydrogens is 450 g/mol. The molecule has 0 fully saturated rings. The second kappa shape index (κ2) is 8.64. The topological polar surface area (TPSA) is 82.3 Å². The molecule has 164 valence electrons. The molecule has 0 unspecified atom stereocenters. The Morgan fingerprint density at radius 3 is 2.59 bits per heavy atom. The molecule has 9 heteroatoms. The Morgan fingerprint density at radius 2 is 1.91 bits per heavy atom. The van der Waals surface area contributed by atoms with Gasteiger partial charge >= 0.3 is 5.69 Å². The van der Waals surface area contributed by atoms with Gasteiger partial charge in [0.1, 0.15) is 17.0 Å². The van der Waals surface area contributed by atoms with Crippen LogP contribution in [0.5, 0.6) is 5.75 Å². The second-order valence-corrected chi connectivity index (χ2v) is 8.66.